The molecule has 0 spiro atoms. The summed E-state index contributed by atoms with van der Waals surface area (Å²) in [6, 6.07) is -0.373. The maximum Gasteiger partial charge on any atom is 0.410 e. The number of rotatable bonds is 1. The van der Waals surface area contributed by atoms with Gasteiger partial charge in [-0.05, 0) is 32.6 Å². The Hall–Kier alpha value is -1.06. The zero-order valence-corrected chi connectivity index (χ0v) is 10.7. The Balaban J connectivity index is 2.75. The highest BCUT2D eigenvalue weighted by Crippen LogP contribution is 2.35. The molecule has 1 fully saturated rings. The van der Waals surface area contributed by atoms with Crippen molar-refractivity contribution in [2.24, 2.45) is 5.41 Å². The first kappa shape index (κ1) is 13.0. The largest absolute Gasteiger partial charge is 0.444 e. The summed E-state index contributed by atoms with van der Waals surface area (Å²) in [7, 11) is 0. The molecule has 0 aromatic rings. The molecule has 1 unspecified atom stereocenters. The minimum Gasteiger partial charge on any atom is -0.444 e. The third-order valence-corrected chi connectivity index (χ3v) is 2.89. The van der Waals surface area contributed by atoms with Crippen LogP contribution in [0.5, 0.6) is 0 Å². The monoisotopic (exact) mass is 227 g/mol. The summed E-state index contributed by atoms with van der Waals surface area (Å²) in [5.41, 5.74) is -0.671. The van der Waals surface area contributed by atoms with E-state index in [9.17, 15) is 9.59 Å². The number of aldehydes is 1. The number of nitrogens with zero attached hydrogens (tertiary/aromatic N) is 1. The lowest BCUT2D eigenvalue weighted by Gasteiger charge is -2.30. The maximum atomic E-state index is 11.9. The molecule has 0 aromatic carbocycles. The van der Waals surface area contributed by atoms with Crippen molar-refractivity contribution >= 4 is 12.4 Å². The first-order chi connectivity index (χ1) is 7.17. The summed E-state index contributed by atoms with van der Waals surface area (Å²) in [5.74, 6) is 0. The highest BCUT2D eigenvalue weighted by molar-refractivity contribution is 5.75. The molecule has 16 heavy (non-hydrogen) atoms. The Bertz CT molecular complexity index is 291. The number of hydrogen-bond acceptors (Lipinski definition) is 3. The van der Waals surface area contributed by atoms with E-state index >= 15 is 0 Å². The average molecular weight is 227 g/mol. The van der Waals surface area contributed by atoms with E-state index in [-0.39, 0.29) is 11.5 Å². The van der Waals surface area contributed by atoms with E-state index in [4.69, 9.17) is 4.74 Å². The van der Waals surface area contributed by atoms with Gasteiger partial charge in [-0.1, -0.05) is 13.8 Å². The van der Waals surface area contributed by atoms with Crippen LogP contribution < -0.4 is 0 Å². The van der Waals surface area contributed by atoms with Gasteiger partial charge >= 0.3 is 6.09 Å². The van der Waals surface area contributed by atoms with Gasteiger partial charge in [0.15, 0.2) is 0 Å². The number of carbonyl (C=O) groups is 2. The van der Waals surface area contributed by atoms with E-state index in [2.05, 4.69) is 0 Å². The molecule has 0 aliphatic carbocycles. The molecule has 4 nitrogen and oxygen atoms in total. The quantitative estimate of drug-likeness (QED) is 0.645. The molecule has 1 rings (SSSR count). The van der Waals surface area contributed by atoms with Crippen molar-refractivity contribution < 1.29 is 14.3 Å². The summed E-state index contributed by atoms with van der Waals surface area (Å²) >= 11 is 0. The molecule has 1 aliphatic heterocycles. The Labute approximate surface area is 96.9 Å². The molecule has 0 bridgehead atoms. The summed E-state index contributed by atoms with van der Waals surface area (Å²) in [6.45, 7) is 10.0. The number of hydrogen-bond donors (Lipinski definition) is 0. The van der Waals surface area contributed by atoms with Gasteiger partial charge in [-0.25, -0.2) is 4.79 Å². The van der Waals surface area contributed by atoms with Crippen LogP contribution in [-0.4, -0.2) is 35.5 Å². The second-order valence-corrected chi connectivity index (χ2v) is 5.99. The summed E-state index contributed by atoms with van der Waals surface area (Å²) in [4.78, 5) is 24.4. The number of carbonyl (C=O) groups excluding carboxylic acids is 2. The highest BCUT2D eigenvalue weighted by Gasteiger charge is 2.43. The van der Waals surface area contributed by atoms with E-state index in [1.54, 1.807) is 0 Å². The molecule has 92 valence electrons. The molecule has 0 radical (unpaired) electrons. The third kappa shape index (κ3) is 2.74. The summed E-state index contributed by atoms with van der Waals surface area (Å²) in [5, 5.41) is 0. The van der Waals surface area contributed by atoms with Crippen molar-refractivity contribution in [2.75, 3.05) is 6.54 Å². The molecule has 0 aromatic heterocycles. The van der Waals surface area contributed by atoms with Crippen LogP contribution in [0.15, 0.2) is 0 Å². The third-order valence-electron chi connectivity index (χ3n) is 2.89. The van der Waals surface area contributed by atoms with Crippen LogP contribution in [0.25, 0.3) is 0 Å². The van der Waals surface area contributed by atoms with Gasteiger partial charge in [-0.15, -0.1) is 0 Å². The zero-order valence-electron chi connectivity index (χ0n) is 10.7. The van der Waals surface area contributed by atoms with Crippen molar-refractivity contribution in [3.8, 4) is 0 Å². The molecule has 1 amide bonds. The first-order valence-corrected chi connectivity index (χ1v) is 5.62. The van der Waals surface area contributed by atoms with Crippen LogP contribution >= 0.6 is 0 Å². The second kappa shape index (κ2) is 4.07. The molecule has 0 N–H and O–H groups in total. The summed E-state index contributed by atoms with van der Waals surface area (Å²) in [6.07, 6.45) is 1.28. The Kier molecular flexibility index (Phi) is 3.31. The standard InChI is InChI=1S/C12H21NO3/c1-11(2,3)16-10(15)13-7-6-12(4,5)9(13)8-14/h8-9H,6-7H2,1-5H3. The van der Waals surface area contributed by atoms with Crippen LogP contribution in [0.3, 0.4) is 0 Å². The fraction of sp³-hybridized carbons (Fsp3) is 0.833. The van der Waals surface area contributed by atoms with E-state index in [1.165, 1.54) is 4.90 Å². The lowest BCUT2D eigenvalue weighted by molar-refractivity contribution is -0.113. The average Bonchev–Trinajstić information content (AvgIpc) is 2.37. The minimum atomic E-state index is -0.517. The van der Waals surface area contributed by atoms with Crippen LogP contribution in [0.1, 0.15) is 41.0 Å². The van der Waals surface area contributed by atoms with E-state index in [0.717, 1.165) is 12.7 Å². The fourth-order valence-corrected chi connectivity index (χ4v) is 1.90. The molecular weight excluding hydrogens is 206 g/mol. The molecule has 1 aliphatic rings. The molecule has 1 heterocycles. The normalized spacial score (nSPS) is 24.3. The van der Waals surface area contributed by atoms with Crippen molar-refractivity contribution in [3.05, 3.63) is 0 Å². The smallest absolute Gasteiger partial charge is 0.410 e. The Morgan fingerprint density at radius 2 is 2.00 bits per heavy atom. The SMILES string of the molecule is CC(C)(C)OC(=O)N1CCC(C)(C)C1C=O. The topological polar surface area (TPSA) is 46.6 Å². The molecule has 1 atom stereocenters. The van der Waals surface area contributed by atoms with E-state index < -0.39 is 11.7 Å². The lowest BCUT2D eigenvalue weighted by atomic mass is 9.86. The van der Waals surface area contributed by atoms with Crippen LogP contribution in [-0.2, 0) is 9.53 Å². The Morgan fingerprint density at radius 1 is 1.44 bits per heavy atom. The number of amides is 1. The first-order valence-electron chi connectivity index (χ1n) is 5.62. The van der Waals surface area contributed by atoms with Crippen LogP contribution in [0, 0.1) is 5.41 Å². The van der Waals surface area contributed by atoms with Gasteiger partial charge in [0.1, 0.15) is 11.9 Å². The van der Waals surface area contributed by atoms with Gasteiger partial charge in [0, 0.05) is 6.54 Å². The molecule has 1 saturated heterocycles. The number of ether oxygens (including phenoxy) is 1. The van der Waals surface area contributed by atoms with Crippen LogP contribution in [0.4, 0.5) is 4.79 Å². The lowest BCUT2D eigenvalue weighted by Crippen LogP contribution is -2.44. The fourth-order valence-electron chi connectivity index (χ4n) is 1.90. The van der Waals surface area contributed by atoms with Crippen molar-refractivity contribution in [2.45, 2.75) is 52.7 Å². The second-order valence-electron chi connectivity index (χ2n) is 5.99. The van der Waals surface area contributed by atoms with E-state index in [0.29, 0.717) is 6.54 Å². The predicted molar refractivity (Wildman–Crippen MR) is 61.2 cm³/mol. The van der Waals surface area contributed by atoms with Gasteiger partial charge < -0.3 is 9.53 Å². The van der Waals surface area contributed by atoms with Gasteiger partial charge in [-0.2, -0.15) is 0 Å². The molecule has 4 heteroatoms. The van der Waals surface area contributed by atoms with Crippen molar-refractivity contribution in [3.63, 3.8) is 0 Å². The van der Waals surface area contributed by atoms with Gasteiger partial charge in [-0.3, -0.25) is 4.90 Å². The number of likely N-dealkylation sites (tertiary alicyclic amines) is 1. The van der Waals surface area contributed by atoms with Crippen molar-refractivity contribution in [1.29, 1.82) is 0 Å². The maximum absolute atomic E-state index is 11.9. The Morgan fingerprint density at radius 3 is 2.44 bits per heavy atom. The van der Waals surface area contributed by atoms with Gasteiger partial charge in [0.2, 0.25) is 0 Å². The van der Waals surface area contributed by atoms with Crippen LogP contribution in [0.2, 0.25) is 0 Å². The van der Waals surface area contributed by atoms with Crippen molar-refractivity contribution in [1.82, 2.24) is 4.90 Å². The zero-order chi connectivity index (χ0) is 12.6. The highest BCUT2D eigenvalue weighted by atomic mass is 16.6. The molecule has 0 saturated carbocycles. The molecular formula is C12H21NO3. The van der Waals surface area contributed by atoms with Gasteiger partial charge in [0.05, 0.1) is 6.04 Å². The minimum absolute atomic E-state index is 0.154. The van der Waals surface area contributed by atoms with Gasteiger partial charge in [0.25, 0.3) is 0 Å². The summed E-state index contributed by atoms with van der Waals surface area (Å²) < 4.78 is 5.28. The predicted octanol–water partition coefficient (Wildman–Crippen LogP) is 2.22. The van der Waals surface area contributed by atoms with E-state index in [1.807, 2.05) is 34.6 Å².